The van der Waals surface area contributed by atoms with E-state index in [4.69, 9.17) is 4.74 Å². The van der Waals surface area contributed by atoms with Gasteiger partial charge in [0.1, 0.15) is 0 Å². The maximum absolute atomic E-state index is 12.0. The average molecular weight is 296 g/mol. The lowest BCUT2D eigenvalue weighted by Gasteiger charge is -2.40. The van der Waals surface area contributed by atoms with Gasteiger partial charge in [-0.05, 0) is 45.1 Å². The van der Waals surface area contributed by atoms with Crippen LogP contribution in [0.15, 0.2) is 0 Å². The highest BCUT2D eigenvalue weighted by molar-refractivity contribution is 5.72. The summed E-state index contributed by atoms with van der Waals surface area (Å²) in [5.41, 5.74) is 0. The third-order valence-electron chi connectivity index (χ3n) is 5.40. The number of ether oxygens (including phenoxy) is 1. The SMILES string of the molecule is CCC(C)N1CC(NCC2CCCC2)CC(C(=O)OC)C1. The van der Waals surface area contributed by atoms with Crippen LogP contribution in [0.3, 0.4) is 0 Å². The summed E-state index contributed by atoms with van der Waals surface area (Å²) in [4.78, 5) is 14.4. The molecule has 3 atom stereocenters. The molecule has 1 saturated heterocycles. The van der Waals surface area contributed by atoms with Gasteiger partial charge in [0.05, 0.1) is 13.0 Å². The Morgan fingerprint density at radius 1 is 1.33 bits per heavy atom. The van der Waals surface area contributed by atoms with Crippen molar-refractivity contribution in [3.05, 3.63) is 0 Å². The van der Waals surface area contributed by atoms with Crippen LogP contribution in [0.1, 0.15) is 52.4 Å². The van der Waals surface area contributed by atoms with Crippen LogP contribution in [-0.4, -0.2) is 49.7 Å². The predicted molar refractivity (Wildman–Crippen MR) is 85.2 cm³/mol. The number of hydrogen-bond donors (Lipinski definition) is 1. The molecule has 21 heavy (non-hydrogen) atoms. The van der Waals surface area contributed by atoms with Gasteiger partial charge in [-0.3, -0.25) is 9.69 Å². The number of piperidine rings is 1. The second-order valence-electron chi connectivity index (χ2n) is 6.92. The van der Waals surface area contributed by atoms with E-state index in [-0.39, 0.29) is 11.9 Å². The summed E-state index contributed by atoms with van der Waals surface area (Å²) in [6.45, 7) is 7.51. The minimum absolute atomic E-state index is 0.0267. The van der Waals surface area contributed by atoms with Crippen molar-refractivity contribution < 1.29 is 9.53 Å². The van der Waals surface area contributed by atoms with E-state index in [0.717, 1.165) is 38.4 Å². The van der Waals surface area contributed by atoms with Crippen molar-refractivity contribution in [2.45, 2.75) is 64.5 Å². The molecule has 2 aliphatic rings. The molecule has 0 bridgehead atoms. The third-order valence-corrected chi connectivity index (χ3v) is 5.40. The lowest BCUT2D eigenvalue weighted by molar-refractivity contribution is -0.148. The molecule has 1 aliphatic carbocycles. The van der Waals surface area contributed by atoms with Crippen LogP contribution in [0.2, 0.25) is 0 Å². The fourth-order valence-electron chi connectivity index (χ4n) is 3.78. The molecule has 4 heteroatoms. The van der Waals surface area contributed by atoms with E-state index in [9.17, 15) is 4.79 Å². The van der Waals surface area contributed by atoms with Crippen LogP contribution in [0.4, 0.5) is 0 Å². The van der Waals surface area contributed by atoms with Crippen molar-refractivity contribution >= 4 is 5.97 Å². The highest BCUT2D eigenvalue weighted by Gasteiger charge is 2.33. The number of carbonyl (C=O) groups excluding carboxylic acids is 1. The molecule has 3 unspecified atom stereocenters. The number of nitrogens with zero attached hydrogens (tertiary/aromatic N) is 1. The fraction of sp³-hybridized carbons (Fsp3) is 0.941. The van der Waals surface area contributed by atoms with Crippen LogP contribution >= 0.6 is 0 Å². The van der Waals surface area contributed by atoms with Gasteiger partial charge in [0, 0.05) is 25.2 Å². The monoisotopic (exact) mass is 296 g/mol. The van der Waals surface area contributed by atoms with E-state index in [1.165, 1.54) is 32.8 Å². The minimum Gasteiger partial charge on any atom is -0.469 e. The van der Waals surface area contributed by atoms with Gasteiger partial charge in [-0.25, -0.2) is 0 Å². The highest BCUT2D eigenvalue weighted by atomic mass is 16.5. The normalized spacial score (nSPS) is 29.5. The maximum atomic E-state index is 12.0. The molecule has 1 aliphatic heterocycles. The number of esters is 1. The zero-order valence-corrected chi connectivity index (χ0v) is 13.9. The molecule has 1 saturated carbocycles. The zero-order chi connectivity index (χ0) is 15.2. The number of rotatable bonds is 6. The lowest BCUT2D eigenvalue weighted by Crippen LogP contribution is -2.54. The number of likely N-dealkylation sites (tertiary alicyclic amines) is 1. The van der Waals surface area contributed by atoms with Gasteiger partial charge in [0.2, 0.25) is 0 Å². The summed E-state index contributed by atoms with van der Waals surface area (Å²) in [6, 6.07) is 0.964. The van der Waals surface area contributed by atoms with E-state index in [2.05, 4.69) is 24.1 Å². The van der Waals surface area contributed by atoms with Crippen molar-refractivity contribution in [2.75, 3.05) is 26.7 Å². The first-order valence-electron chi connectivity index (χ1n) is 8.69. The van der Waals surface area contributed by atoms with Crippen LogP contribution < -0.4 is 5.32 Å². The summed E-state index contributed by atoms with van der Waals surface area (Å²) in [5.74, 6) is 0.829. The smallest absolute Gasteiger partial charge is 0.310 e. The number of carbonyl (C=O) groups is 1. The van der Waals surface area contributed by atoms with Crippen molar-refractivity contribution in [3.63, 3.8) is 0 Å². The van der Waals surface area contributed by atoms with Crippen LogP contribution in [0.5, 0.6) is 0 Å². The van der Waals surface area contributed by atoms with Crippen LogP contribution in [0.25, 0.3) is 0 Å². The van der Waals surface area contributed by atoms with Gasteiger partial charge in [-0.15, -0.1) is 0 Å². The molecule has 0 aromatic heterocycles. The Bertz CT molecular complexity index is 329. The number of hydrogen-bond acceptors (Lipinski definition) is 4. The van der Waals surface area contributed by atoms with Gasteiger partial charge in [0.25, 0.3) is 0 Å². The summed E-state index contributed by atoms with van der Waals surface area (Å²) in [7, 11) is 1.51. The van der Waals surface area contributed by atoms with Gasteiger partial charge in [-0.1, -0.05) is 19.8 Å². The standard InChI is InChI=1S/C17H32N2O2/c1-4-13(2)19-11-15(17(20)21-3)9-16(12-19)18-10-14-7-5-6-8-14/h13-16,18H,4-12H2,1-3H3. The van der Waals surface area contributed by atoms with Crippen LogP contribution in [0, 0.1) is 11.8 Å². The highest BCUT2D eigenvalue weighted by Crippen LogP contribution is 2.25. The van der Waals surface area contributed by atoms with Gasteiger partial charge in [-0.2, -0.15) is 0 Å². The molecule has 4 nitrogen and oxygen atoms in total. The molecule has 2 rings (SSSR count). The van der Waals surface area contributed by atoms with Gasteiger partial charge >= 0.3 is 5.97 Å². The molecule has 0 aromatic carbocycles. The van der Waals surface area contributed by atoms with Crippen molar-refractivity contribution in [3.8, 4) is 0 Å². The molecule has 0 aromatic rings. The van der Waals surface area contributed by atoms with Gasteiger partial charge in [0.15, 0.2) is 0 Å². The third kappa shape index (κ3) is 4.68. The summed E-state index contributed by atoms with van der Waals surface area (Å²) < 4.78 is 4.98. The predicted octanol–water partition coefficient (Wildman–Crippen LogP) is 2.43. The molecular weight excluding hydrogens is 264 g/mol. The fourth-order valence-corrected chi connectivity index (χ4v) is 3.78. The number of nitrogens with one attached hydrogen (secondary N) is 1. The lowest BCUT2D eigenvalue weighted by atomic mass is 9.92. The molecule has 1 heterocycles. The molecular formula is C17H32N2O2. The molecule has 0 amide bonds. The average Bonchev–Trinajstić information content (AvgIpc) is 3.04. The first-order chi connectivity index (χ1) is 10.1. The Balaban J connectivity index is 1.89. The second-order valence-corrected chi connectivity index (χ2v) is 6.92. The summed E-state index contributed by atoms with van der Waals surface area (Å²) in [5, 5.41) is 3.73. The molecule has 1 N–H and O–H groups in total. The van der Waals surface area contributed by atoms with E-state index in [0.29, 0.717) is 12.1 Å². The van der Waals surface area contributed by atoms with E-state index < -0.39 is 0 Å². The van der Waals surface area contributed by atoms with E-state index >= 15 is 0 Å². The Hall–Kier alpha value is -0.610. The Morgan fingerprint density at radius 2 is 2.05 bits per heavy atom. The largest absolute Gasteiger partial charge is 0.469 e. The van der Waals surface area contributed by atoms with Crippen molar-refractivity contribution in [1.29, 1.82) is 0 Å². The summed E-state index contributed by atoms with van der Waals surface area (Å²) in [6.07, 6.45) is 7.57. The van der Waals surface area contributed by atoms with Crippen molar-refractivity contribution in [2.24, 2.45) is 11.8 Å². The second kappa shape index (κ2) is 8.14. The quantitative estimate of drug-likeness (QED) is 0.764. The molecule has 0 spiro atoms. The maximum Gasteiger partial charge on any atom is 0.310 e. The topological polar surface area (TPSA) is 41.6 Å². The molecule has 0 radical (unpaired) electrons. The first-order valence-corrected chi connectivity index (χ1v) is 8.69. The summed E-state index contributed by atoms with van der Waals surface area (Å²) >= 11 is 0. The Morgan fingerprint density at radius 3 is 2.67 bits per heavy atom. The van der Waals surface area contributed by atoms with Gasteiger partial charge < -0.3 is 10.1 Å². The minimum atomic E-state index is -0.0457. The van der Waals surface area contributed by atoms with E-state index in [1.807, 2.05) is 0 Å². The molecule has 2 fully saturated rings. The van der Waals surface area contributed by atoms with Crippen LogP contribution in [-0.2, 0) is 9.53 Å². The van der Waals surface area contributed by atoms with Crippen molar-refractivity contribution in [1.82, 2.24) is 10.2 Å². The van der Waals surface area contributed by atoms with E-state index in [1.54, 1.807) is 0 Å². The Labute approximate surface area is 129 Å². The molecule has 122 valence electrons. The first kappa shape index (κ1) is 16.8. The number of methoxy groups -OCH3 is 1. The Kier molecular flexibility index (Phi) is 6.49. The zero-order valence-electron chi connectivity index (χ0n) is 13.9.